The van der Waals surface area contributed by atoms with E-state index in [0.29, 0.717) is 5.39 Å². The third kappa shape index (κ3) is 1.42. The molecule has 0 aliphatic carbocycles. The van der Waals surface area contributed by atoms with Crippen molar-refractivity contribution in [3.05, 3.63) is 40.1 Å². The molecule has 0 fully saturated rings. The minimum Gasteiger partial charge on any atom is -0.224 e. The minimum atomic E-state index is -0.964. The van der Waals surface area contributed by atoms with Crippen molar-refractivity contribution < 1.29 is 8.78 Å². The smallest absolute Gasteiger partial charge is 0.166 e. The molecule has 5 heteroatoms. The van der Waals surface area contributed by atoms with Gasteiger partial charge in [-0.05, 0) is 18.2 Å². The first-order valence-corrected chi connectivity index (χ1v) is 4.45. The first kappa shape index (κ1) is 9.62. The van der Waals surface area contributed by atoms with Crippen molar-refractivity contribution in [1.29, 1.82) is 0 Å². The van der Waals surface area contributed by atoms with E-state index in [9.17, 15) is 8.78 Å². The van der Waals surface area contributed by atoms with Gasteiger partial charge in [-0.2, -0.15) is 0 Å². The van der Waals surface area contributed by atoms with Gasteiger partial charge >= 0.3 is 0 Å². The Labute approximate surface area is 88.3 Å². The number of rotatable bonds is 0. The summed E-state index contributed by atoms with van der Waals surface area (Å²) in [6.45, 7) is 0. The molecule has 1 nitrogen and oxygen atoms in total. The molecule has 0 saturated heterocycles. The molecule has 0 spiro atoms. The normalized spacial score (nSPS) is 10.9. The van der Waals surface area contributed by atoms with Crippen molar-refractivity contribution in [2.24, 2.45) is 0 Å². The maximum absolute atomic E-state index is 13.2. The Hall–Kier alpha value is -0.930. The van der Waals surface area contributed by atoms with Crippen LogP contribution in [0.1, 0.15) is 0 Å². The topological polar surface area (TPSA) is 12.9 Å². The second kappa shape index (κ2) is 3.33. The monoisotopic (exact) mass is 233 g/mol. The second-order valence-electron chi connectivity index (χ2n) is 2.69. The quantitative estimate of drug-likeness (QED) is 0.631. The van der Waals surface area contributed by atoms with Crippen LogP contribution in [0.2, 0.25) is 10.3 Å². The van der Waals surface area contributed by atoms with E-state index in [-0.39, 0.29) is 15.7 Å². The number of hydrogen-bond donors (Lipinski definition) is 0. The second-order valence-corrected chi connectivity index (χ2v) is 3.44. The molecular formula is C9H3Cl2F2N. The predicted molar refractivity (Wildman–Crippen MR) is 51.7 cm³/mol. The summed E-state index contributed by atoms with van der Waals surface area (Å²) >= 11 is 11.3. The Balaban J connectivity index is 2.95. The van der Waals surface area contributed by atoms with Gasteiger partial charge in [0.2, 0.25) is 0 Å². The van der Waals surface area contributed by atoms with E-state index < -0.39 is 11.6 Å². The molecule has 2 aromatic rings. The number of aromatic nitrogens is 1. The molecule has 1 aromatic heterocycles. The van der Waals surface area contributed by atoms with Crippen LogP contribution in [-0.2, 0) is 0 Å². The molecule has 0 saturated carbocycles. The number of nitrogens with zero attached hydrogens (tertiary/aromatic N) is 1. The third-order valence-electron chi connectivity index (χ3n) is 1.82. The fraction of sp³-hybridized carbons (Fsp3) is 0. The van der Waals surface area contributed by atoms with Crippen LogP contribution in [0.3, 0.4) is 0 Å². The Morgan fingerprint density at radius 2 is 1.79 bits per heavy atom. The van der Waals surface area contributed by atoms with Crippen LogP contribution in [0, 0.1) is 11.6 Å². The molecule has 72 valence electrons. The highest BCUT2D eigenvalue weighted by atomic mass is 35.5. The number of benzene rings is 1. The number of hydrogen-bond acceptors (Lipinski definition) is 1. The largest absolute Gasteiger partial charge is 0.224 e. The van der Waals surface area contributed by atoms with Gasteiger partial charge in [-0.25, -0.2) is 13.8 Å². The molecular weight excluding hydrogens is 231 g/mol. The van der Waals surface area contributed by atoms with E-state index in [4.69, 9.17) is 23.2 Å². The minimum absolute atomic E-state index is 0.0343. The highest BCUT2D eigenvalue weighted by molar-refractivity contribution is 6.36. The van der Waals surface area contributed by atoms with Crippen molar-refractivity contribution in [3.63, 3.8) is 0 Å². The van der Waals surface area contributed by atoms with Crippen LogP contribution in [0.15, 0.2) is 18.2 Å². The van der Waals surface area contributed by atoms with Gasteiger partial charge in [-0.15, -0.1) is 0 Å². The van der Waals surface area contributed by atoms with E-state index in [2.05, 4.69) is 4.98 Å². The molecule has 0 atom stereocenters. The summed E-state index contributed by atoms with van der Waals surface area (Å²) in [5, 5.41) is 0.475. The van der Waals surface area contributed by atoms with Gasteiger partial charge in [0.25, 0.3) is 0 Å². The zero-order chi connectivity index (χ0) is 10.3. The van der Waals surface area contributed by atoms with E-state index in [0.717, 1.165) is 6.07 Å². The fourth-order valence-corrected chi connectivity index (χ4v) is 1.69. The van der Waals surface area contributed by atoms with Gasteiger partial charge in [0.15, 0.2) is 11.6 Å². The average Bonchev–Trinajstić information content (AvgIpc) is 2.12. The molecule has 1 heterocycles. The first-order valence-electron chi connectivity index (χ1n) is 3.69. The molecule has 0 aliphatic rings. The van der Waals surface area contributed by atoms with Crippen LogP contribution in [-0.4, -0.2) is 4.98 Å². The van der Waals surface area contributed by atoms with Gasteiger partial charge in [-0.3, -0.25) is 0 Å². The van der Waals surface area contributed by atoms with Crippen molar-refractivity contribution in [2.45, 2.75) is 0 Å². The Kier molecular flexibility index (Phi) is 2.29. The van der Waals surface area contributed by atoms with Gasteiger partial charge < -0.3 is 0 Å². The highest BCUT2D eigenvalue weighted by Crippen LogP contribution is 2.27. The van der Waals surface area contributed by atoms with Crippen LogP contribution in [0.4, 0.5) is 8.78 Å². The molecule has 0 N–H and O–H groups in total. The lowest BCUT2D eigenvalue weighted by molar-refractivity contribution is 0.517. The summed E-state index contributed by atoms with van der Waals surface area (Å²) in [5.41, 5.74) is 0. The van der Waals surface area contributed by atoms with Gasteiger partial charge in [0.1, 0.15) is 10.3 Å². The molecule has 0 unspecified atom stereocenters. The van der Waals surface area contributed by atoms with Crippen LogP contribution in [0.25, 0.3) is 10.8 Å². The molecule has 0 aliphatic heterocycles. The van der Waals surface area contributed by atoms with Crippen LogP contribution < -0.4 is 0 Å². The Morgan fingerprint density at radius 1 is 1.07 bits per heavy atom. The number of pyridine rings is 1. The number of fused-ring (bicyclic) bond motifs is 1. The van der Waals surface area contributed by atoms with Crippen LogP contribution >= 0.6 is 23.2 Å². The summed E-state index contributed by atoms with van der Waals surface area (Å²) in [5.74, 6) is -1.90. The molecule has 2 rings (SSSR count). The maximum Gasteiger partial charge on any atom is 0.166 e. The molecule has 0 amide bonds. The third-order valence-corrected chi connectivity index (χ3v) is 2.31. The Bertz CT molecular complexity index is 514. The van der Waals surface area contributed by atoms with Crippen molar-refractivity contribution in [1.82, 2.24) is 4.98 Å². The highest BCUT2D eigenvalue weighted by Gasteiger charge is 2.10. The lowest BCUT2D eigenvalue weighted by Gasteiger charge is -2.02. The van der Waals surface area contributed by atoms with E-state index in [1.54, 1.807) is 0 Å². The zero-order valence-corrected chi connectivity index (χ0v) is 8.20. The summed E-state index contributed by atoms with van der Waals surface area (Å²) in [4.78, 5) is 3.71. The SMILES string of the molecule is Fc1ccc2c(Cl)nc(Cl)cc2c1F. The lowest BCUT2D eigenvalue weighted by Crippen LogP contribution is -1.88. The molecule has 0 radical (unpaired) electrons. The van der Waals surface area contributed by atoms with Crippen molar-refractivity contribution >= 4 is 34.0 Å². The lowest BCUT2D eigenvalue weighted by atomic mass is 10.1. The number of halogens is 4. The Morgan fingerprint density at radius 3 is 2.50 bits per heavy atom. The van der Waals surface area contributed by atoms with E-state index >= 15 is 0 Å². The van der Waals surface area contributed by atoms with Crippen LogP contribution in [0.5, 0.6) is 0 Å². The molecule has 14 heavy (non-hydrogen) atoms. The predicted octanol–water partition coefficient (Wildman–Crippen LogP) is 3.82. The summed E-state index contributed by atoms with van der Waals surface area (Å²) < 4.78 is 26.1. The van der Waals surface area contributed by atoms with Gasteiger partial charge in [-0.1, -0.05) is 23.2 Å². The molecule has 0 bridgehead atoms. The first-order chi connectivity index (χ1) is 6.59. The maximum atomic E-state index is 13.2. The summed E-state index contributed by atoms with van der Waals surface area (Å²) in [7, 11) is 0. The summed E-state index contributed by atoms with van der Waals surface area (Å²) in [6.07, 6.45) is 0. The van der Waals surface area contributed by atoms with Crippen molar-refractivity contribution in [3.8, 4) is 0 Å². The van der Waals surface area contributed by atoms with Gasteiger partial charge in [0, 0.05) is 10.8 Å². The molecule has 1 aromatic carbocycles. The standard InChI is InChI=1S/C9H3Cl2F2N/c10-7-3-5-4(9(11)14-7)1-2-6(12)8(5)13/h1-3H. The van der Waals surface area contributed by atoms with Crippen molar-refractivity contribution in [2.75, 3.05) is 0 Å². The zero-order valence-electron chi connectivity index (χ0n) is 6.69. The fourth-order valence-electron chi connectivity index (χ4n) is 1.19. The average molecular weight is 234 g/mol. The van der Waals surface area contributed by atoms with Gasteiger partial charge in [0.05, 0.1) is 0 Å². The summed E-state index contributed by atoms with van der Waals surface area (Å²) in [6, 6.07) is 3.60. The van der Waals surface area contributed by atoms with E-state index in [1.807, 2.05) is 0 Å². The van der Waals surface area contributed by atoms with E-state index in [1.165, 1.54) is 12.1 Å².